The van der Waals surface area contributed by atoms with Crippen LogP contribution in [0.2, 0.25) is 0 Å². The van der Waals surface area contributed by atoms with Crippen LogP contribution in [0.5, 0.6) is 0 Å². The lowest BCUT2D eigenvalue weighted by molar-refractivity contribution is -0.192. The number of H-pyrrole nitrogens is 3. The number of carboxylic acid groups (broad SMARTS) is 1. The quantitative estimate of drug-likeness (QED) is 0.424. The van der Waals surface area contributed by atoms with E-state index in [4.69, 9.17) is 9.90 Å². The molecule has 0 unspecified atom stereocenters. The highest BCUT2D eigenvalue weighted by molar-refractivity contribution is 5.73. The van der Waals surface area contributed by atoms with Crippen LogP contribution in [0.25, 0.3) is 12.2 Å². The molecular formula is C21H20F4N4O4. The second-order valence-electron chi connectivity index (χ2n) is 7.79. The summed E-state index contributed by atoms with van der Waals surface area (Å²) in [7, 11) is 0. The van der Waals surface area contributed by atoms with E-state index < -0.39 is 23.3 Å². The van der Waals surface area contributed by atoms with Gasteiger partial charge in [0.1, 0.15) is 16.5 Å². The van der Waals surface area contributed by atoms with Crippen LogP contribution in [0.4, 0.5) is 17.6 Å². The second-order valence-corrected chi connectivity index (χ2v) is 7.79. The summed E-state index contributed by atoms with van der Waals surface area (Å²) in [6.07, 6.45) is -0.507. The van der Waals surface area contributed by atoms with Gasteiger partial charge in [0.05, 0.1) is 12.0 Å². The zero-order valence-electron chi connectivity index (χ0n) is 17.7. The van der Waals surface area contributed by atoms with Crippen molar-refractivity contribution >= 4 is 18.1 Å². The maximum atomic E-state index is 13.0. The summed E-state index contributed by atoms with van der Waals surface area (Å²) in [5, 5.41) is 7.33. The van der Waals surface area contributed by atoms with Crippen molar-refractivity contribution in [2.45, 2.75) is 32.4 Å². The number of hydrogen-bond acceptors (Lipinski definition) is 4. The fraction of sp³-hybridized carbons (Fsp3) is 0.238. The Morgan fingerprint density at radius 3 is 1.91 bits per heavy atom. The van der Waals surface area contributed by atoms with Crippen LogP contribution >= 0.6 is 0 Å². The maximum Gasteiger partial charge on any atom is 0.490 e. The van der Waals surface area contributed by atoms with E-state index in [1.54, 1.807) is 12.4 Å². The van der Waals surface area contributed by atoms with Crippen LogP contribution in [-0.4, -0.2) is 37.2 Å². The molecule has 0 saturated carbocycles. The van der Waals surface area contributed by atoms with E-state index in [0.29, 0.717) is 11.3 Å². The number of halogens is 4. The third-order valence-electron chi connectivity index (χ3n) is 4.11. The summed E-state index contributed by atoms with van der Waals surface area (Å²) in [5.74, 6) is -3.13. The molecule has 0 aliphatic rings. The Morgan fingerprint density at radius 1 is 0.970 bits per heavy atom. The SMILES string of the molecule is CC(C)(C)c1[nH]cnc1/C=c1\[nH]c(=O)/c(=C/c2ccc(F)cc2)[nH]c1=O.O=C(O)C(F)(F)F. The molecule has 0 bridgehead atoms. The number of aromatic amines is 3. The van der Waals surface area contributed by atoms with Crippen molar-refractivity contribution in [1.29, 1.82) is 0 Å². The van der Waals surface area contributed by atoms with E-state index >= 15 is 0 Å². The lowest BCUT2D eigenvalue weighted by atomic mass is 9.90. The third-order valence-corrected chi connectivity index (χ3v) is 4.11. The van der Waals surface area contributed by atoms with Gasteiger partial charge in [0, 0.05) is 11.1 Å². The average molecular weight is 468 g/mol. The number of aliphatic carboxylic acids is 1. The van der Waals surface area contributed by atoms with Crippen molar-refractivity contribution in [2.75, 3.05) is 0 Å². The summed E-state index contributed by atoms with van der Waals surface area (Å²) >= 11 is 0. The molecule has 0 radical (unpaired) electrons. The Morgan fingerprint density at radius 2 is 1.45 bits per heavy atom. The number of hydrogen-bond donors (Lipinski definition) is 4. The van der Waals surface area contributed by atoms with Gasteiger partial charge in [-0.1, -0.05) is 32.9 Å². The monoisotopic (exact) mass is 468 g/mol. The zero-order valence-corrected chi connectivity index (χ0v) is 17.7. The molecule has 0 aliphatic carbocycles. The maximum absolute atomic E-state index is 13.0. The average Bonchev–Trinajstić information content (AvgIpc) is 3.16. The molecule has 2 aromatic heterocycles. The van der Waals surface area contributed by atoms with Crippen molar-refractivity contribution in [3.05, 3.63) is 84.8 Å². The predicted molar refractivity (Wildman–Crippen MR) is 111 cm³/mol. The molecule has 0 aliphatic heterocycles. The molecule has 0 amide bonds. The van der Waals surface area contributed by atoms with Gasteiger partial charge >= 0.3 is 12.1 Å². The van der Waals surface area contributed by atoms with Gasteiger partial charge in [-0.3, -0.25) is 9.59 Å². The highest BCUT2D eigenvalue weighted by Gasteiger charge is 2.38. The molecule has 2 heterocycles. The number of imidazole rings is 1. The van der Waals surface area contributed by atoms with E-state index in [9.17, 15) is 27.2 Å². The largest absolute Gasteiger partial charge is 0.490 e. The zero-order chi connectivity index (χ0) is 25.0. The third kappa shape index (κ3) is 7.02. The van der Waals surface area contributed by atoms with Crippen molar-refractivity contribution in [3.63, 3.8) is 0 Å². The smallest absolute Gasteiger partial charge is 0.475 e. The van der Waals surface area contributed by atoms with Gasteiger partial charge in [-0.15, -0.1) is 0 Å². The van der Waals surface area contributed by atoms with E-state index in [-0.39, 0.29) is 21.9 Å². The van der Waals surface area contributed by atoms with E-state index in [1.807, 2.05) is 20.8 Å². The summed E-state index contributed by atoms with van der Waals surface area (Å²) in [6.45, 7) is 6.06. The molecule has 33 heavy (non-hydrogen) atoms. The minimum absolute atomic E-state index is 0.0943. The minimum Gasteiger partial charge on any atom is -0.475 e. The Kier molecular flexibility index (Phi) is 7.42. The van der Waals surface area contributed by atoms with Gasteiger partial charge in [0.15, 0.2) is 0 Å². The Labute approximate surface area is 183 Å². The predicted octanol–water partition coefficient (Wildman–Crippen LogP) is 1.51. The first-order chi connectivity index (χ1) is 15.2. The summed E-state index contributed by atoms with van der Waals surface area (Å²) in [4.78, 5) is 46.0. The van der Waals surface area contributed by atoms with Crippen molar-refractivity contribution in [1.82, 2.24) is 19.9 Å². The van der Waals surface area contributed by atoms with Gasteiger partial charge < -0.3 is 20.1 Å². The number of alkyl halides is 3. The Bertz CT molecular complexity index is 1360. The minimum atomic E-state index is -5.08. The number of rotatable bonds is 2. The van der Waals surface area contributed by atoms with Gasteiger partial charge in [-0.25, -0.2) is 14.2 Å². The number of aromatic nitrogens is 4. The number of nitrogens with zero attached hydrogens (tertiary/aromatic N) is 1. The number of carboxylic acids is 1. The standard InChI is InChI=1S/C19H19FN4O2.C2HF3O2/c1-19(2,3)16-13(21-10-22-16)9-15-18(26)23-14(17(25)24-15)8-11-4-6-12(20)7-5-11;3-2(4,5)1(6)7/h4-10H,1-3H3,(H,21,22)(H,23,26)(H,24,25);(H,6,7)/b14-8-,15-9-;. The number of carbonyl (C=O) groups is 1. The van der Waals surface area contributed by atoms with Gasteiger partial charge in [-0.2, -0.15) is 13.2 Å². The topological polar surface area (TPSA) is 132 Å². The van der Waals surface area contributed by atoms with Gasteiger partial charge in [0.2, 0.25) is 0 Å². The Hall–Kier alpha value is -3.96. The Balaban J connectivity index is 0.000000479. The highest BCUT2D eigenvalue weighted by Crippen LogP contribution is 2.22. The van der Waals surface area contributed by atoms with Gasteiger partial charge in [-0.05, 0) is 29.8 Å². The highest BCUT2D eigenvalue weighted by atomic mass is 19.4. The molecule has 0 fully saturated rings. The first-order valence-corrected chi connectivity index (χ1v) is 9.34. The molecule has 12 heteroatoms. The molecule has 1 aromatic carbocycles. The number of nitrogens with one attached hydrogen (secondary N) is 3. The van der Waals surface area contributed by atoms with Crippen LogP contribution < -0.4 is 21.8 Å². The van der Waals surface area contributed by atoms with Gasteiger partial charge in [0.25, 0.3) is 11.1 Å². The van der Waals surface area contributed by atoms with Crippen molar-refractivity contribution in [2.24, 2.45) is 0 Å². The van der Waals surface area contributed by atoms with E-state index in [1.165, 1.54) is 30.3 Å². The van der Waals surface area contributed by atoms with Crippen LogP contribution in [0.1, 0.15) is 37.7 Å². The lowest BCUT2D eigenvalue weighted by Crippen LogP contribution is -2.46. The van der Waals surface area contributed by atoms with Crippen molar-refractivity contribution < 1.29 is 27.5 Å². The second kappa shape index (κ2) is 9.67. The summed E-state index contributed by atoms with van der Waals surface area (Å²) in [6, 6.07) is 5.61. The van der Waals surface area contributed by atoms with Crippen molar-refractivity contribution in [3.8, 4) is 0 Å². The van der Waals surface area contributed by atoms with Crippen LogP contribution in [-0.2, 0) is 10.2 Å². The lowest BCUT2D eigenvalue weighted by Gasteiger charge is -2.16. The molecule has 0 saturated heterocycles. The van der Waals surface area contributed by atoms with E-state index in [2.05, 4.69) is 19.9 Å². The van der Waals surface area contributed by atoms with Crippen LogP contribution in [0.3, 0.4) is 0 Å². The molecule has 176 valence electrons. The molecule has 4 N–H and O–H groups in total. The summed E-state index contributed by atoms with van der Waals surface area (Å²) in [5.41, 5.74) is 0.972. The molecule has 0 atom stereocenters. The first kappa shape index (κ1) is 25.3. The fourth-order valence-corrected chi connectivity index (χ4v) is 2.57. The fourth-order valence-electron chi connectivity index (χ4n) is 2.57. The molecule has 8 nitrogen and oxygen atoms in total. The molecular weight excluding hydrogens is 448 g/mol. The normalized spacial score (nSPS) is 12.9. The number of benzene rings is 1. The molecule has 0 spiro atoms. The van der Waals surface area contributed by atoms with E-state index in [0.717, 1.165) is 5.69 Å². The molecule has 3 rings (SSSR count). The van der Waals surface area contributed by atoms with Crippen LogP contribution in [0, 0.1) is 5.82 Å². The molecule has 3 aromatic rings. The summed E-state index contributed by atoms with van der Waals surface area (Å²) < 4.78 is 44.7. The first-order valence-electron chi connectivity index (χ1n) is 9.34. The van der Waals surface area contributed by atoms with Crippen LogP contribution in [0.15, 0.2) is 40.2 Å².